The largest absolute Gasteiger partial charge is 0.377 e. The average Bonchev–Trinajstić information content (AvgIpc) is 2.91. The zero-order valence-corrected chi connectivity index (χ0v) is 21.7. The molecule has 0 unspecified atom stereocenters. The Balaban J connectivity index is 1.47. The molecule has 0 aliphatic heterocycles. The van der Waals surface area contributed by atoms with Crippen LogP contribution in [0.3, 0.4) is 0 Å². The molecule has 0 saturated carbocycles. The van der Waals surface area contributed by atoms with E-state index in [0.29, 0.717) is 0 Å². The zero-order chi connectivity index (χ0) is 24.5. The van der Waals surface area contributed by atoms with E-state index < -0.39 is 7.14 Å². The van der Waals surface area contributed by atoms with Crippen molar-refractivity contribution in [3.05, 3.63) is 137 Å². The van der Waals surface area contributed by atoms with Crippen molar-refractivity contribution >= 4 is 36.2 Å². The van der Waals surface area contributed by atoms with Gasteiger partial charge in [0.25, 0.3) is 0 Å². The van der Waals surface area contributed by atoms with Gasteiger partial charge in [0.05, 0.1) is 28.0 Å². The lowest BCUT2D eigenvalue weighted by atomic mass is 9.91. The normalized spacial score (nSPS) is 13.5. The van der Waals surface area contributed by atoms with Gasteiger partial charge in [0.15, 0.2) is 0 Å². The third-order valence-electron chi connectivity index (χ3n) is 7.61. The monoisotopic (exact) mass is 482 g/mol. The molecule has 9 rings (SSSR count). The first-order valence-corrected chi connectivity index (χ1v) is 14.9. The Morgan fingerprint density at radius 1 is 0.667 bits per heavy atom. The molecule has 36 heavy (non-hydrogen) atoms. The fourth-order valence-electron chi connectivity index (χ4n) is 5.64. The highest BCUT2D eigenvalue weighted by molar-refractivity contribution is 8.07. The number of aromatic nitrogens is 1. The quantitative estimate of drug-likeness (QED) is 0.206. The molecule has 4 bridgehead atoms. The number of aryl methyl sites for hydroxylation is 5. The second-order valence-electron chi connectivity index (χ2n) is 10.1. The molecule has 4 aliphatic rings. The van der Waals surface area contributed by atoms with Crippen molar-refractivity contribution in [1.29, 1.82) is 0 Å². The maximum Gasteiger partial charge on any atom is 0.377 e. The minimum absolute atomic E-state index is 0.752. The first-order valence-electron chi connectivity index (χ1n) is 12.9. The number of hydrogen-bond acceptors (Lipinski definition) is 1. The van der Waals surface area contributed by atoms with Crippen molar-refractivity contribution < 1.29 is 0 Å². The highest BCUT2D eigenvalue weighted by Crippen LogP contribution is 2.54. The van der Waals surface area contributed by atoms with E-state index in [1.807, 2.05) is 0 Å². The van der Waals surface area contributed by atoms with Gasteiger partial charge in [-0.05, 0) is 90.8 Å². The lowest BCUT2D eigenvalue weighted by Gasteiger charge is -2.24. The predicted molar refractivity (Wildman–Crippen MR) is 156 cm³/mol. The molecule has 1 nitrogen and oxygen atoms in total. The third-order valence-corrected chi connectivity index (χ3v) is 10.9. The van der Waals surface area contributed by atoms with Gasteiger partial charge in [0, 0.05) is 12.5 Å². The molecular weight excluding hydrogens is 452 g/mol. The van der Waals surface area contributed by atoms with Gasteiger partial charge in [-0.25, -0.2) is 4.98 Å². The number of nitrogens with zero attached hydrogens (tertiary/aromatic N) is 1. The van der Waals surface area contributed by atoms with Crippen molar-refractivity contribution in [2.24, 2.45) is 0 Å². The number of hydrogen-bond donors (Lipinski definition) is 0. The second kappa shape index (κ2) is 9.68. The van der Waals surface area contributed by atoms with Crippen molar-refractivity contribution in [3.8, 4) is 0 Å². The van der Waals surface area contributed by atoms with Gasteiger partial charge >= 0.3 is 7.57 Å². The number of pyridine rings is 1. The van der Waals surface area contributed by atoms with Crippen molar-refractivity contribution in [2.75, 3.05) is 0 Å². The molecule has 0 fully saturated rings. The van der Waals surface area contributed by atoms with Crippen LogP contribution in [0.2, 0.25) is 0 Å². The van der Waals surface area contributed by atoms with Crippen LogP contribution >= 0.6 is 7.14 Å². The van der Waals surface area contributed by atoms with Crippen molar-refractivity contribution in [1.82, 2.24) is 4.98 Å². The number of rotatable bonds is 4. The molecule has 0 amide bonds. The van der Waals surface area contributed by atoms with Crippen molar-refractivity contribution in [2.45, 2.75) is 38.8 Å². The highest BCUT2D eigenvalue weighted by Gasteiger charge is 2.38. The van der Waals surface area contributed by atoms with E-state index in [0.717, 1.165) is 37.5 Å². The second-order valence-corrected chi connectivity index (χ2v) is 13.1. The van der Waals surface area contributed by atoms with Crippen LogP contribution in [0.5, 0.6) is 0 Å². The lowest BCUT2D eigenvalue weighted by Crippen LogP contribution is -2.24. The molecule has 4 aromatic carbocycles. The molecule has 0 N–H and O–H groups in total. The van der Waals surface area contributed by atoms with E-state index in [1.54, 1.807) is 0 Å². The Bertz CT molecular complexity index is 1470. The zero-order valence-electron chi connectivity index (χ0n) is 20.8. The molecule has 3 heteroatoms. The van der Waals surface area contributed by atoms with E-state index >= 15 is 0 Å². The highest BCUT2D eigenvalue weighted by atomic mass is 31.2. The first-order chi connectivity index (χ1) is 17.6. The van der Waals surface area contributed by atoms with Crippen LogP contribution in [0.15, 0.2) is 103 Å². The molecule has 2 radical (unpaired) electrons. The number of benzene rings is 4. The van der Waals surface area contributed by atoms with E-state index in [2.05, 4.69) is 110 Å². The summed E-state index contributed by atoms with van der Waals surface area (Å²) < 4.78 is 0. The van der Waals surface area contributed by atoms with Crippen LogP contribution < -0.4 is 10.6 Å². The molecule has 0 spiro atoms. The van der Waals surface area contributed by atoms with Crippen LogP contribution in [-0.4, -0.2) is 12.5 Å². The lowest BCUT2D eigenvalue weighted by molar-refractivity contribution is 0.928. The van der Waals surface area contributed by atoms with Gasteiger partial charge in [-0.1, -0.05) is 72.8 Å². The van der Waals surface area contributed by atoms with E-state index in [9.17, 15) is 0 Å². The minimum Gasteiger partial charge on any atom is -0.249 e. The molecule has 0 saturated heterocycles. The Hall–Kier alpha value is -3.22. The first kappa shape index (κ1) is 23.2. The maximum absolute atomic E-state index is 7.38. The summed E-state index contributed by atoms with van der Waals surface area (Å²) in [4.78, 5) is 5.37. The Labute approximate surface area is 216 Å². The predicted octanol–water partition coefficient (Wildman–Crippen LogP) is 6.68. The summed E-state index contributed by atoms with van der Waals surface area (Å²) in [6.45, 7) is 2.25. The summed E-state index contributed by atoms with van der Waals surface area (Å²) >= 11 is 0. The summed E-state index contributed by atoms with van der Waals surface area (Å²) in [5.74, 6) is 0. The summed E-state index contributed by atoms with van der Waals surface area (Å²) in [6.07, 6.45) is 4.85. The van der Waals surface area contributed by atoms with Crippen LogP contribution in [0, 0.1) is 6.92 Å². The molecular formula is C33H30BNP+. The fraction of sp³-hybridized carbons (Fsp3) is 0.182. The van der Waals surface area contributed by atoms with Gasteiger partial charge in [-0.2, -0.15) is 0 Å². The molecule has 0 atom stereocenters. The maximum atomic E-state index is 7.38. The fourth-order valence-corrected chi connectivity index (χ4v) is 8.38. The van der Waals surface area contributed by atoms with Crippen LogP contribution in [0.1, 0.15) is 33.5 Å². The Morgan fingerprint density at radius 3 is 1.78 bits per heavy atom. The SMILES string of the molecule is [B][P+](Cc1cc(C)c2c3ccc(c2n1)CCc1ccc(cc1)CC3)(c1ccccc1)c1ccccc1. The molecule has 5 aromatic rings. The van der Waals surface area contributed by atoms with Gasteiger partial charge in [0.1, 0.15) is 0 Å². The van der Waals surface area contributed by atoms with E-state index in [-0.39, 0.29) is 0 Å². The van der Waals surface area contributed by atoms with Gasteiger partial charge < -0.3 is 0 Å². The smallest absolute Gasteiger partial charge is 0.249 e. The molecule has 4 aliphatic carbocycles. The minimum atomic E-state index is -2.15. The van der Waals surface area contributed by atoms with Crippen LogP contribution in [0.25, 0.3) is 10.9 Å². The Morgan fingerprint density at radius 2 is 1.19 bits per heavy atom. The van der Waals surface area contributed by atoms with Crippen LogP contribution in [0.4, 0.5) is 0 Å². The summed E-state index contributed by atoms with van der Waals surface area (Å²) in [5, 5.41) is 3.77. The summed E-state index contributed by atoms with van der Waals surface area (Å²) in [5.41, 5.74) is 9.11. The summed E-state index contributed by atoms with van der Waals surface area (Å²) in [7, 11) is 5.23. The molecule has 1 heterocycles. The Kier molecular flexibility index (Phi) is 6.24. The standard InChI is InChI=1S/C33H30BNP/c1-24-22-29(23-36(34,30-8-4-2-5-9-30)31-10-6-3-7-11-31)35-33-28-19-17-26-14-12-25(13-15-26)16-18-27(20-21-28)32(24)33/h2-15,20-22H,16-19,23H2,1H3/q+1. The van der Waals surface area contributed by atoms with Crippen LogP contribution in [-0.2, 0) is 31.8 Å². The summed E-state index contributed by atoms with van der Waals surface area (Å²) in [6, 6.07) is 37.4. The molecule has 1 aromatic heterocycles. The topological polar surface area (TPSA) is 12.9 Å². The van der Waals surface area contributed by atoms with Gasteiger partial charge in [0.2, 0.25) is 0 Å². The van der Waals surface area contributed by atoms with E-state index in [4.69, 9.17) is 12.5 Å². The molecule has 174 valence electrons. The van der Waals surface area contributed by atoms with Gasteiger partial charge in [-0.15, -0.1) is 0 Å². The van der Waals surface area contributed by atoms with Gasteiger partial charge in [-0.3, -0.25) is 0 Å². The third kappa shape index (κ3) is 4.40. The van der Waals surface area contributed by atoms with E-state index in [1.165, 1.54) is 49.3 Å². The van der Waals surface area contributed by atoms with Crippen molar-refractivity contribution in [3.63, 3.8) is 0 Å². The average molecular weight is 482 g/mol.